The number of aryl methyl sites for hydroxylation is 2. The molecule has 0 aromatic carbocycles. The molecule has 1 rings (SSSR count). The molecule has 0 atom stereocenters. The fourth-order valence-corrected chi connectivity index (χ4v) is 1.22. The van der Waals surface area contributed by atoms with Gasteiger partial charge in [0.05, 0.1) is 12.3 Å². The maximum atomic E-state index is 11.2. The van der Waals surface area contributed by atoms with Crippen LogP contribution in [0.4, 0.5) is 0 Å². The number of nitrogens with zero attached hydrogens (tertiary/aromatic N) is 2. The fourth-order valence-electron chi connectivity index (χ4n) is 1.22. The predicted molar refractivity (Wildman–Crippen MR) is 51.8 cm³/mol. The van der Waals surface area contributed by atoms with Crippen molar-refractivity contribution >= 4 is 5.91 Å². The first kappa shape index (κ1) is 10.7. The average Bonchev–Trinajstić information content (AvgIpc) is 2.42. The Bertz CT molecular complexity index is 320. The van der Waals surface area contributed by atoms with Crippen LogP contribution in [0.3, 0.4) is 0 Å². The summed E-state index contributed by atoms with van der Waals surface area (Å²) in [6, 6.07) is 1.92. The monoisotopic (exact) mass is 197 g/mol. The second kappa shape index (κ2) is 4.76. The second-order valence-corrected chi connectivity index (χ2v) is 3.16. The summed E-state index contributed by atoms with van der Waals surface area (Å²) in [6.07, 6.45) is 0. The number of carbonyl (C=O) groups is 1. The van der Waals surface area contributed by atoms with Gasteiger partial charge in [0.2, 0.25) is 5.91 Å². The number of hydrogen-bond donors (Lipinski definition) is 2. The van der Waals surface area contributed by atoms with E-state index in [4.69, 9.17) is 5.11 Å². The molecular formula is C9H15N3O2. The number of nitrogens with one attached hydrogen (secondary N) is 1. The van der Waals surface area contributed by atoms with Crippen molar-refractivity contribution in [1.82, 2.24) is 15.1 Å². The quantitative estimate of drug-likeness (QED) is 0.690. The smallest absolute Gasteiger partial charge is 0.241 e. The molecule has 5 heteroatoms. The summed E-state index contributed by atoms with van der Waals surface area (Å²) in [5.41, 5.74) is 1.86. The van der Waals surface area contributed by atoms with Crippen molar-refractivity contribution in [1.29, 1.82) is 0 Å². The lowest BCUT2D eigenvalue weighted by Crippen LogP contribution is -2.30. The van der Waals surface area contributed by atoms with E-state index in [0.29, 0.717) is 0 Å². The number of aromatic nitrogens is 2. The van der Waals surface area contributed by atoms with Crippen LogP contribution in [0.2, 0.25) is 0 Å². The summed E-state index contributed by atoms with van der Waals surface area (Å²) in [5, 5.41) is 15.2. The third-order valence-corrected chi connectivity index (χ3v) is 1.83. The molecule has 0 bridgehead atoms. The summed E-state index contributed by atoms with van der Waals surface area (Å²) >= 11 is 0. The van der Waals surface area contributed by atoms with Gasteiger partial charge < -0.3 is 10.4 Å². The van der Waals surface area contributed by atoms with E-state index < -0.39 is 0 Å². The minimum atomic E-state index is -0.134. The Labute approximate surface area is 82.7 Å². The summed E-state index contributed by atoms with van der Waals surface area (Å²) < 4.78 is 1.64. The Morgan fingerprint density at radius 3 is 2.86 bits per heavy atom. The number of amides is 1. The minimum absolute atomic E-state index is 0.0388. The van der Waals surface area contributed by atoms with E-state index in [1.165, 1.54) is 0 Å². The highest BCUT2D eigenvalue weighted by atomic mass is 16.3. The van der Waals surface area contributed by atoms with Gasteiger partial charge >= 0.3 is 0 Å². The van der Waals surface area contributed by atoms with Crippen molar-refractivity contribution in [3.05, 3.63) is 17.5 Å². The molecule has 0 radical (unpaired) electrons. The number of carbonyl (C=O) groups excluding carboxylic acids is 1. The molecule has 14 heavy (non-hydrogen) atoms. The Balaban J connectivity index is 2.51. The Morgan fingerprint density at radius 1 is 1.64 bits per heavy atom. The molecule has 5 nitrogen and oxygen atoms in total. The number of aliphatic hydroxyl groups excluding tert-OH is 1. The van der Waals surface area contributed by atoms with Crippen LogP contribution >= 0.6 is 0 Å². The zero-order chi connectivity index (χ0) is 10.6. The molecule has 0 aliphatic rings. The van der Waals surface area contributed by atoms with Gasteiger partial charge in [-0.05, 0) is 19.9 Å². The molecule has 0 spiro atoms. The standard InChI is InChI=1S/C9H15N3O2/c1-7-5-8(2)12(11-7)6-9(14)10-3-4-13/h5,13H,3-4,6H2,1-2H3,(H,10,14). The van der Waals surface area contributed by atoms with E-state index in [0.717, 1.165) is 11.4 Å². The lowest BCUT2D eigenvalue weighted by Gasteiger charge is -2.04. The predicted octanol–water partition coefficient (Wildman–Crippen LogP) is -0.392. The minimum Gasteiger partial charge on any atom is -0.395 e. The van der Waals surface area contributed by atoms with Crippen molar-refractivity contribution in [2.24, 2.45) is 0 Å². The first-order valence-electron chi connectivity index (χ1n) is 4.52. The maximum absolute atomic E-state index is 11.2. The number of hydrogen-bond acceptors (Lipinski definition) is 3. The summed E-state index contributed by atoms with van der Waals surface area (Å²) in [5.74, 6) is -0.134. The van der Waals surface area contributed by atoms with Gasteiger partial charge in [0.1, 0.15) is 6.54 Å². The third kappa shape index (κ3) is 2.85. The zero-order valence-electron chi connectivity index (χ0n) is 8.45. The molecule has 0 unspecified atom stereocenters. The molecular weight excluding hydrogens is 182 g/mol. The zero-order valence-corrected chi connectivity index (χ0v) is 8.45. The number of aliphatic hydroxyl groups is 1. The van der Waals surface area contributed by atoms with Crippen molar-refractivity contribution in [3.63, 3.8) is 0 Å². The van der Waals surface area contributed by atoms with Gasteiger partial charge in [0.15, 0.2) is 0 Å². The fraction of sp³-hybridized carbons (Fsp3) is 0.556. The van der Waals surface area contributed by atoms with Gasteiger partial charge in [0.25, 0.3) is 0 Å². The first-order chi connectivity index (χ1) is 6.63. The highest BCUT2D eigenvalue weighted by Crippen LogP contribution is 2.00. The Hall–Kier alpha value is -1.36. The van der Waals surface area contributed by atoms with Gasteiger partial charge in [0, 0.05) is 12.2 Å². The van der Waals surface area contributed by atoms with Crippen LogP contribution in [0.5, 0.6) is 0 Å². The van der Waals surface area contributed by atoms with Crippen molar-refractivity contribution in [2.75, 3.05) is 13.2 Å². The lowest BCUT2D eigenvalue weighted by molar-refractivity contribution is -0.122. The van der Waals surface area contributed by atoms with Crippen LogP contribution in [-0.2, 0) is 11.3 Å². The molecule has 0 saturated heterocycles. The van der Waals surface area contributed by atoms with Gasteiger partial charge in [-0.25, -0.2) is 0 Å². The van der Waals surface area contributed by atoms with E-state index in [-0.39, 0.29) is 25.6 Å². The normalized spacial score (nSPS) is 10.2. The summed E-state index contributed by atoms with van der Waals surface area (Å²) in [4.78, 5) is 11.2. The van der Waals surface area contributed by atoms with Crippen LogP contribution in [-0.4, -0.2) is 33.9 Å². The molecule has 1 heterocycles. The van der Waals surface area contributed by atoms with Crippen molar-refractivity contribution < 1.29 is 9.90 Å². The van der Waals surface area contributed by atoms with E-state index in [1.54, 1.807) is 4.68 Å². The summed E-state index contributed by atoms with van der Waals surface area (Å²) in [7, 11) is 0. The molecule has 0 aliphatic heterocycles. The molecule has 1 aromatic rings. The van der Waals surface area contributed by atoms with Crippen LogP contribution in [0.1, 0.15) is 11.4 Å². The lowest BCUT2D eigenvalue weighted by atomic mass is 10.4. The Morgan fingerprint density at radius 2 is 2.36 bits per heavy atom. The van der Waals surface area contributed by atoms with Crippen LogP contribution in [0.15, 0.2) is 6.07 Å². The molecule has 0 fully saturated rings. The van der Waals surface area contributed by atoms with Crippen LogP contribution in [0, 0.1) is 13.8 Å². The van der Waals surface area contributed by atoms with E-state index in [2.05, 4.69) is 10.4 Å². The molecule has 2 N–H and O–H groups in total. The van der Waals surface area contributed by atoms with Crippen molar-refractivity contribution in [2.45, 2.75) is 20.4 Å². The molecule has 0 aliphatic carbocycles. The first-order valence-corrected chi connectivity index (χ1v) is 4.52. The largest absolute Gasteiger partial charge is 0.395 e. The average molecular weight is 197 g/mol. The van der Waals surface area contributed by atoms with Gasteiger partial charge in [-0.1, -0.05) is 0 Å². The van der Waals surface area contributed by atoms with E-state index in [1.807, 2.05) is 19.9 Å². The van der Waals surface area contributed by atoms with Crippen LogP contribution < -0.4 is 5.32 Å². The van der Waals surface area contributed by atoms with Gasteiger partial charge in [-0.2, -0.15) is 5.10 Å². The van der Waals surface area contributed by atoms with Gasteiger partial charge in [-0.15, -0.1) is 0 Å². The molecule has 1 aromatic heterocycles. The highest BCUT2D eigenvalue weighted by molar-refractivity contribution is 5.75. The second-order valence-electron chi connectivity index (χ2n) is 3.16. The van der Waals surface area contributed by atoms with E-state index >= 15 is 0 Å². The third-order valence-electron chi connectivity index (χ3n) is 1.83. The highest BCUT2D eigenvalue weighted by Gasteiger charge is 2.05. The van der Waals surface area contributed by atoms with Crippen LogP contribution in [0.25, 0.3) is 0 Å². The molecule has 0 saturated carbocycles. The number of rotatable bonds is 4. The van der Waals surface area contributed by atoms with Crippen molar-refractivity contribution in [3.8, 4) is 0 Å². The SMILES string of the molecule is Cc1cc(C)n(CC(=O)NCCO)n1. The molecule has 78 valence electrons. The maximum Gasteiger partial charge on any atom is 0.241 e. The topological polar surface area (TPSA) is 67.2 Å². The molecule has 1 amide bonds. The van der Waals surface area contributed by atoms with Gasteiger partial charge in [-0.3, -0.25) is 9.48 Å². The summed E-state index contributed by atoms with van der Waals surface area (Å²) in [6.45, 7) is 4.25. The van der Waals surface area contributed by atoms with E-state index in [9.17, 15) is 4.79 Å². The Kier molecular flexibility index (Phi) is 3.64.